The monoisotopic (exact) mass is 257 g/mol. The van der Waals surface area contributed by atoms with Gasteiger partial charge in [0.05, 0.1) is 11.6 Å². The van der Waals surface area contributed by atoms with Crippen molar-refractivity contribution in [1.82, 2.24) is 20.1 Å². The third kappa shape index (κ3) is 2.63. The van der Waals surface area contributed by atoms with Crippen LogP contribution in [0.4, 0.5) is 5.69 Å². The van der Waals surface area contributed by atoms with E-state index in [1.54, 1.807) is 17.2 Å². The van der Waals surface area contributed by atoms with Crippen LogP contribution in [0.1, 0.15) is 6.42 Å². The number of carbonyl (C=O) groups excluding carboxylic acids is 1. The van der Waals surface area contributed by atoms with Crippen LogP contribution in [-0.2, 0) is 4.79 Å². The van der Waals surface area contributed by atoms with Gasteiger partial charge in [0.25, 0.3) is 0 Å². The Labute approximate surface area is 110 Å². The van der Waals surface area contributed by atoms with Crippen molar-refractivity contribution < 1.29 is 4.79 Å². The average Bonchev–Trinajstić information content (AvgIpc) is 3.13. The normalized spacial score (nSPS) is 18.4. The molecule has 1 aliphatic rings. The average molecular weight is 257 g/mol. The highest BCUT2D eigenvalue weighted by atomic mass is 16.1. The van der Waals surface area contributed by atoms with Crippen molar-refractivity contribution >= 4 is 11.6 Å². The van der Waals surface area contributed by atoms with Crippen molar-refractivity contribution in [2.24, 2.45) is 5.92 Å². The Morgan fingerprint density at radius 3 is 2.95 bits per heavy atom. The van der Waals surface area contributed by atoms with Gasteiger partial charge >= 0.3 is 0 Å². The number of hydrogen-bond acceptors (Lipinski definition) is 4. The van der Waals surface area contributed by atoms with E-state index in [0.29, 0.717) is 0 Å². The van der Waals surface area contributed by atoms with E-state index in [2.05, 4.69) is 20.8 Å². The number of rotatable bonds is 3. The largest absolute Gasteiger partial charge is 0.326 e. The number of benzene rings is 1. The van der Waals surface area contributed by atoms with Gasteiger partial charge in [-0.25, -0.2) is 0 Å². The quantitative estimate of drug-likeness (QED) is 0.853. The summed E-state index contributed by atoms with van der Waals surface area (Å²) in [5, 5.41) is 13.7. The molecule has 1 unspecified atom stereocenters. The van der Waals surface area contributed by atoms with E-state index in [9.17, 15) is 4.79 Å². The molecule has 19 heavy (non-hydrogen) atoms. The number of amides is 1. The van der Waals surface area contributed by atoms with Crippen molar-refractivity contribution in [3.63, 3.8) is 0 Å². The Hall–Kier alpha value is -2.21. The van der Waals surface area contributed by atoms with Crippen LogP contribution in [0.15, 0.2) is 36.9 Å². The lowest BCUT2D eigenvalue weighted by molar-refractivity contribution is -0.119. The molecule has 1 aliphatic heterocycles. The van der Waals surface area contributed by atoms with Gasteiger partial charge < -0.3 is 10.6 Å². The van der Waals surface area contributed by atoms with Crippen LogP contribution >= 0.6 is 0 Å². The lowest BCUT2D eigenvalue weighted by atomic mass is 10.1. The van der Waals surface area contributed by atoms with E-state index >= 15 is 0 Å². The Bertz CT molecular complexity index is 560. The molecule has 2 aromatic rings. The molecule has 2 heterocycles. The summed E-state index contributed by atoms with van der Waals surface area (Å²) in [5.74, 6) is 0.143. The van der Waals surface area contributed by atoms with Gasteiger partial charge in [-0.15, -0.1) is 10.2 Å². The van der Waals surface area contributed by atoms with E-state index in [1.165, 1.54) is 0 Å². The number of hydrogen-bond donors (Lipinski definition) is 2. The van der Waals surface area contributed by atoms with Crippen molar-refractivity contribution in [1.29, 1.82) is 0 Å². The van der Waals surface area contributed by atoms with Crippen molar-refractivity contribution in [3.8, 4) is 5.69 Å². The second kappa shape index (κ2) is 5.19. The van der Waals surface area contributed by atoms with Gasteiger partial charge in [-0.1, -0.05) is 6.07 Å². The van der Waals surface area contributed by atoms with E-state index in [-0.39, 0.29) is 11.8 Å². The molecule has 3 rings (SSSR count). The van der Waals surface area contributed by atoms with Crippen LogP contribution in [0.3, 0.4) is 0 Å². The molecule has 1 atom stereocenters. The molecule has 0 radical (unpaired) electrons. The zero-order valence-corrected chi connectivity index (χ0v) is 10.4. The van der Waals surface area contributed by atoms with Gasteiger partial charge in [0.15, 0.2) is 0 Å². The summed E-state index contributed by atoms with van der Waals surface area (Å²) in [7, 11) is 0. The molecular weight excluding hydrogens is 242 g/mol. The lowest BCUT2D eigenvalue weighted by Gasteiger charge is -2.11. The molecule has 0 aliphatic carbocycles. The lowest BCUT2D eigenvalue weighted by Crippen LogP contribution is -2.24. The SMILES string of the molecule is O=C(Nc1cccc(-n2cnnc2)c1)C1CCNC1. The van der Waals surface area contributed by atoms with Crippen LogP contribution in [-0.4, -0.2) is 33.8 Å². The highest BCUT2D eigenvalue weighted by Crippen LogP contribution is 2.16. The second-order valence-electron chi connectivity index (χ2n) is 4.60. The molecule has 0 spiro atoms. The van der Waals surface area contributed by atoms with E-state index in [4.69, 9.17) is 0 Å². The zero-order chi connectivity index (χ0) is 13.1. The van der Waals surface area contributed by atoms with E-state index < -0.39 is 0 Å². The summed E-state index contributed by atoms with van der Waals surface area (Å²) in [6, 6.07) is 7.63. The van der Waals surface area contributed by atoms with Crippen molar-refractivity contribution in [2.75, 3.05) is 18.4 Å². The van der Waals surface area contributed by atoms with E-state index in [1.807, 2.05) is 24.3 Å². The van der Waals surface area contributed by atoms with Crippen LogP contribution in [0, 0.1) is 5.92 Å². The Kier molecular flexibility index (Phi) is 3.24. The number of carbonyl (C=O) groups is 1. The minimum absolute atomic E-state index is 0.0681. The number of anilines is 1. The maximum atomic E-state index is 12.0. The molecule has 6 heteroatoms. The highest BCUT2D eigenvalue weighted by molar-refractivity contribution is 5.93. The first-order valence-corrected chi connectivity index (χ1v) is 6.29. The van der Waals surface area contributed by atoms with Gasteiger partial charge in [-0.3, -0.25) is 9.36 Å². The number of aromatic nitrogens is 3. The van der Waals surface area contributed by atoms with Gasteiger partial charge in [-0.05, 0) is 31.2 Å². The van der Waals surface area contributed by atoms with Gasteiger partial charge in [-0.2, -0.15) is 0 Å². The first-order valence-electron chi connectivity index (χ1n) is 6.29. The maximum absolute atomic E-state index is 12.0. The smallest absolute Gasteiger partial charge is 0.228 e. The zero-order valence-electron chi connectivity index (χ0n) is 10.4. The molecule has 1 aromatic heterocycles. The molecule has 1 fully saturated rings. The second-order valence-corrected chi connectivity index (χ2v) is 4.60. The summed E-state index contributed by atoms with van der Waals surface area (Å²) in [5.41, 5.74) is 1.72. The van der Waals surface area contributed by atoms with Crippen LogP contribution in [0.5, 0.6) is 0 Å². The first kappa shape index (κ1) is 11.9. The molecule has 1 amide bonds. The van der Waals surface area contributed by atoms with Crippen LogP contribution in [0.2, 0.25) is 0 Å². The predicted octanol–water partition coefficient (Wildman–Crippen LogP) is 0.815. The minimum Gasteiger partial charge on any atom is -0.326 e. The van der Waals surface area contributed by atoms with Crippen molar-refractivity contribution in [2.45, 2.75) is 6.42 Å². The van der Waals surface area contributed by atoms with Gasteiger partial charge in [0.1, 0.15) is 12.7 Å². The Morgan fingerprint density at radius 2 is 2.21 bits per heavy atom. The highest BCUT2D eigenvalue weighted by Gasteiger charge is 2.22. The summed E-state index contributed by atoms with van der Waals surface area (Å²) < 4.78 is 1.80. The topological polar surface area (TPSA) is 71.8 Å². The Morgan fingerprint density at radius 1 is 1.37 bits per heavy atom. The van der Waals surface area contributed by atoms with Gasteiger partial charge in [0, 0.05) is 12.2 Å². The molecule has 1 saturated heterocycles. The maximum Gasteiger partial charge on any atom is 0.228 e. The number of nitrogens with one attached hydrogen (secondary N) is 2. The molecule has 0 bridgehead atoms. The van der Waals surface area contributed by atoms with E-state index in [0.717, 1.165) is 30.9 Å². The fourth-order valence-electron chi connectivity index (χ4n) is 2.20. The fourth-order valence-corrected chi connectivity index (χ4v) is 2.20. The van der Waals surface area contributed by atoms with Crippen molar-refractivity contribution in [3.05, 3.63) is 36.9 Å². The summed E-state index contributed by atoms with van der Waals surface area (Å²) in [6.45, 7) is 1.68. The third-order valence-corrected chi connectivity index (χ3v) is 3.26. The van der Waals surface area contributed by atoms with Gasteiger partial charge in [0.2, 0.25) is 5.91 Å². The summed E-state index contributed by atoms with van der Waals surface area (Å²) in [4.78, 5) is 12.0. The van der Waals surface area contributed by atoms with Crippen LogP contribution in [0.25, 0.3) is 5.69 Å². The standard InChI is InChI=1S/C13H15N5O/c19-13(10-4-5-14-7-10)17-11-2-1-3-12(6-11)18-8-15-16-9-18/h1-3,6,8-10,14H,4-5,7H2,(H,17,19). The third-order valence-electron chi connectivity index (χ3n) is 3.26. The number of nitrogens with zero attached hydrogens (tertiary/aromatic N) is 3. The molecule has 6 nitrogen and oxygen atoms in total. The summed E-state index contributed by atoms with van der Waals surface area (Å²) in [6.07, 6.45) is 4.15. The molecule has 1 aromatic carbocycles. The van der Waals surface area contributed by atoms with Crippen LogP contribution < -0.4 is 10.6 Å². The molecular formula is C13H15N5O. The summed E-state index contributed by atoms with van der Waals surface area (Å²) >= 11 is 0. The predicted molar refractivity (Wildman–Crippen MR) is 71.0 cm³/mol. The molecule has 0 saturated carbocycles. The minimum atomic E-state index is 0.0681. The Balaban J connectivity index is 1.74. The fraction of sp³-hybridized carbons (Fsp3) is 0.308. The first-order chi connectivity index (χ1) is 9.33. The molecule has 98 valence electrons. The molecule has 2 N–H and O–H groups in total.